The topological polar surface area (TPSA) is 55.8 Å². The zero-order chi connectivity index (χ0) is 24.8. The van der Waals surface area contributed by atoms with Crippen molar-refractivity contribution in [1.82, 2.24) is 4.90 Å². The molecule has 0 saturated carbocycles. The Labute approximate surface area is 214 Å². The molecule has 7 heteroatoms. The number of amides is 1. The molecule has 176 valence electrons. The maximum Gasteiger partial charge on any atom is 0.336 e. The molecule has 0 bridgehead atoms. The molecule has 3 aromatic rings. The molecule has 4 rings (SSSR count). The van der Waals surface area contributed by atoms with Gasteiger partial charge in [-0.2, -0.15) is 0 Å². The highest BCUT2D eigenvalue weighted by Gasteiger charge is 2.32. The van der Waals surface area contributed by atoms with Crippen molar-refractivity contribution in [3.8, 4) is 11.5 Å². The first kappa shape index (κ1) is 24.4. The minimum atomic E-state index is -0.515. The van der Waals surface area contributed by atoms with E-state index in [9.17, 15) is 9.59 Å². The Bertz CT molecular complexity index is 1310. The lowest BCUT2D eigenvalue weighted by atomic mass is 10.1. The molecule has 1 amide bonds. The van der Waals surface area contributed by atoms with Crippen LogP contribution in [0.25, 0.3) is 12.2 Å². The molecule has 0 spiro atoms. The van der Waals surface area contributed by atoms with Crippen molar-refractivity contribution in [2.45, 2.75) is 13.5 Å². The second-order valence-electron chi connectivity index (χ2n) is 7.83. The molecular weight excluding hydrogens is 478 g/mol. The normalized spacial score (nSPS) is 14.7. The van der Waals surface area contributed by atoms with Crippen molar-refractivity contribution in [3.63, 3.8) is 0 Å². The number of rotatable bonds is 7. The summed E-state index contributed by atoms with van der Waals surface area (Å²) < 4.78 is 11.4. The van der Waals surface area contributed by atoms with Crippen LogP contribution in [0.2, 0.25) is 0 Å². The van der Waals surface area contributed by atoms with Gasteiger partial charge in [-0.05, 0) is 47.9 Å². The first-order chi connectivity index (χ1) is 16.9. The molecule has 0 N–H and O–H groups in total. The molecule has 1 heterocycles. The summed E-state index contributed by atoms with van der Waals surface area (Å²) in [7, 11) is 1.50. The van der Waals surface area contributed by atoms with Gasteiger partial charge in [-0.3, -0.25) is 9.69 Å². The Morgan fingerprint density at radius 3 is 2.43 bits per heavy atom. The van der Waals surface area contributed by atoms with Gasteiger partial charge in [0.2, 0.25) is 0 Å². The third-order valence-corrected chi connectivity index (χ3v) is 6.62. The first-order valence-electron chi connectivity index (χ1n) is 10.9. The lowest BCUT2D eigenvalue weighted by Crippen LogP contribution is -2.27. The Morgan fingerprint density at radius 1 is 1.00 bits per heavy atom. The number of carbonyl (C=O) groups excluding carboxylic acids is 2. The number of nitrogens with zero attached hydrogens (tertiary/aromatic N) is 1. The van der Waals surface area contributed by atoms with Gasteiger partial charge in [0.05, 0.1) is 18.6 Å². The van der Waals surface area contributed by atoms with E-state index in [1.165, 1.54) is 24.9 Å². The van der Waals surface area contributed by atoms with E-state index in [1.54, 1.807) is 35.3 Å². The van der Waals surface area contributed by atoms with Crippen LogP contribution in [0.3, 0.4) is 0 Å². The van der Waals surface area contributed by atoms with E-state index in [0.29, 0.717) is 27.3 Å². The number of methoxy groups -OCH3 is 1. The molecule has 0 unspecified atom stereocenters. The Morgan fingerprint density at radius 2 is 1.71 bits per heavy atom. The van der Waals surface area contributed by atoms with Gasteiger partial charge < -0.3 is 9.47 Å². The van der Waals surface area contributed by atoms with Gasteiger partial charge in [-0.15, -0.1) is 0 Å². The van der Waals surface area contributed by atoms with Crippen molar-refractivity contribution in [1.29, 1.82) is 0 Å². The molecule has 0 radical (unpaired) electrons. The quantitative estimate of drug-likeness (QED) is 0.171. The van der Waals surface area contributed by atoms with Crippen LogP contribution >= 0.6 is 24.0 Å². The van der Waals surface area contributed by atoms with Crippen LogP contribution in [0, 0.1) is 6.92 Å². The summed E-state index contributed by atoms with van der Waals surface area (Å²) >= 11 is 6.69. The summed E-state index contributed by atoms with van der Waals surface area (Å²) in [6, 6.07) is 22.7. The Balaban J connectivity index is 1.46. The molecular formula is C28H23NO4S2. The third kappa shape index (κ3) is 6.26. The number of hydrogen-bond acceptors (Lipinski definition) is 6. The maximum atomic E-state index is 12.9. The van der Waals surface area contributed by atoms with Gasteiger partial charge in [0.1, 0.15) is 4.32 Å². The number of ether oxygens (including phenoxy) is 2. The smallest absolute Gasteiger partial charge is 0.336 e. The van der Waals surface area contributed by atoms with Gasteiger partial charge in [0.15, 0.2) is 11.5 Å². The summed E-state index contributed by atoms with van der Waals surface area (Å²) in [5.41, 5.74) is 3.79. The SMILES string of the molecule is COc1cc(C=C2SC(=S)N(Cc3ccccc3)C2=O)ccc1OC(=O)C=Cc1ccc(C)cc1. The van der Waals surface area contributed by atoms with Crippen LogP contribution in [-0.2, 0) is 16.1 Å². The fourth-order valence-corrected chi connectivity index (χ4v) is 4.65. The molecule has 35 heavy (non-hydrogen) atoms. The molecule has 0 aromatic heterocycles. The predicted molar refractivity (Wildman–Crippen MR) is 144 cm³/mol. The van der Waals surface area contributed by atoms with Gasteiger partial charge in [-0.25, -0.2) is 4.79 Å². The van der Waals surface area contributed by atoms with E-state index < -0.39 is 5.97 Å². The zero-order valence-electron chi connectivity index (χ0n) is 19.3. The summed E-state index contributed by atoms with van der Waals surface area (Å²) in [4.78, 5) is 27.4. The third-order valence-electron chi connectivity index (χ3n) is 5.24. The average Bonchev–Trinajstić information content (AvgIpc) is 3.12. The van der Waals surface area contributed by atoms with Crippen molar-refractivity contribution in [3.05, 3.63) is 106 Å². The molecule has 0 atom stereocenters. The second-order valence-corrected chi connectivity index (χ2v) is 9.50. The van der Waals surface area contributed by atoms with E-state index in [2.05, 4.69) is 0 Å². The molecule has 1 fully saturated rings. The molecule has 3 aromatic carbocycles. The van der Waals surface area contributed by atoms with Gasteiger partial charge in [0, 0.05) is 6.08 Å². The van der Waals surface area contributed by atoms with E-state index in [0.717, 1.165) is 22.3 Å². The highest BCUT2D eigenvalue weighted by Crippen LogP contribution is 2.35. The van der Waals surface area contributed by atoms with Crippen LogP contribution < -0.4 is 9.47 Å². The number of hydrogen-bond donors (Lipinski definition) is 0. The summed E-state index contributed by atoms with van der Waals surface area (Å²) in [6.07, 6.45) is 4.83. The zero-order valence-corrected chi connectivity index (χ0v) is 20.9. The summed E-state index contributed by atoms with van der Waals surface area (Å²) in [6.45, 7) is 2.43. The predicted octanol–water partition coefficient (Wildman–Crippen LogP) is 6.02. The lowest BCUT2D eigenvalue weighted by molar-refractivity contribution is -0.129. The van der Waals surface area contributed by atoms with Gasteiger partial charge in [-0.1, -0.05) is 90.2 Å². The van der Waals surface area contributed by atoms with E-state index >= 15 is 0 Å². The Hall–Kier alpha value is -3.68. The number of carbonyl (C=O) groups is 2. The van der Waals surface area contributed by atoms with Crippen molar-refractivity contribution >= 4 is 52.3 Å². The summed E-state index contributed by atoms with van der Waals surface area (Å²) in [5.74, 6) is 0.0217. The molecule has 1 aliphatic heterocycles. The van der Waals surface area contributed by atoms with E-state index in [1.807, 2.05) is 61.5 Å². The van der Waals surface area contributed by atoms with Crippen molar-refractivity contribution in [2.75, 3.05) is 7.11 Å². The van der Waals surface area contributed by atoms with Crippen LogP contribution in [0.1, 0.15) is 22.3 Å². The standard InChI is InChI=1S/C28H23NO4S2/c1-19-8-10-20(11-9-19)13-15-26(30)33-23-14-12-22(16-24(23)32-2)17-25-27(31)29(28(34)35-25)18-21-6-4-3-5-7-21/h3-17H,18H2,1-2H3. The van der Waals surface area contributed by atoms with Gasteiger partial charge >= 0.3 is 5.97 Å². The number of thioether (sulfide) groups is 1. The fraction of sp³-hybridized carbons (Fsp3) is 0.107. The van der Waals surface area contributed by atoms with Crippen molar-refractivity contribution < 1.29 is 19.1 Å². The molecule has 0 aliphatic carbocycles. The Kier molecular flexibility index (Phi) is 7.80. The van der Waals surface area contributed by atoms with E-state index in [4.69, 9.17) is 21.7 Å². The highest BCUT2D eigenvalue weighted by molar-refractivity contribution is 8.26. The molecule has 1 aliphatic rings. The second kappa shape index (κ2) is 11.2. The highest BCUT2D eigenvalue weighted by atomic mass is 32.2. The van der Waals surface area contributed by atoms with Crippen LogP contribution in [-0.4, -0.2) is 28.2 Å². The fourth-order valence-electron chi connectivity index (χ4n) is 3.40. The summed E-state index contributed by atoms with van der Waals surface area (Å²) in [5, 5.41) is 0. The van der Waals surface area contributed by atoms with E-state index in [-0.39, 0.29) is 5.91 Å². The van der Waals surface area contributed by atoms with Crippen molar-refractivity contribution in [2.24, 2.45) is 0 Å². The number of aryl methyl sites for hydroxylation is 1. The number of esters is 1. The van der Waals surface area contributed by atoms with Crippen LogP contribution in [0.4, 0.5) is 0 Å². The molecule has 5 nitrogen and oxygen atoms in total. The average molecular weight is 502 g/mol. The van der Waals surface area contributed by atoms with Crippen LogP contribution in [0.5, 0.6) is 11.5 Å². The monoisotopic (exact) mass is 501 g/mol. The lowest BCUT2D eigenvalue weighted by Gasteiger charge is -2.14. The maximum absolute atomic E-state index is 12.9. The minimum Gasteiger partial charge on any atom is -0.493 e. The number of benzene rings is 3. The van der Waals surface area contributed by atoms with Crippen LogP contribution in [0.15, 0.2) is 83.8 Å². The minimum absolute atomic E-state index is 0.139. The van der Waals surface area contributed by atoms with Gasteiger partial charge in [0.25, 0.3) is 5.91 Å². The molecule has 1 saturated heterocycles. The first-order valence-corrected chi connectivity index (χ1v) is 12.1. The number of thiocarbonyl (C=S) groups is 1. The largest absolute Gasteiger partial charge is 0.493 e.